The molecule has 0 radical (unpaired) electrons. The fourth-order valence-electron chi connectivity index (χ4n) is 4.41. The molecule has 3 N–H and O–H groups in total. The fraction of sp³-hybridized carbons (Fsp3) is 0.250. The zero-order valence-corrected chi connectivity index (χ0v) is 17.5. The van der Waals surface area contributed by atoms with Gasteiger partial charge in [0.25, 0.3) is 0 Å². The van der Waals surface area contributed by atoms with Crippen molar-refractivity contribution >= 4 is 45.1 Å². The van der Waals surface area contributed by atoms with Gasteiger partial charge in [0, 0.05) is 46.5 Å². The fourth-order valence-corrected chi connectivity index (χ4v) is 4.68. The third-order valence-electron chi connectivity index (χ3n) is 5.94. The van der Waals surface area contributed by atoms with Gasteiger partial charge in [0.2, 0.25) is 0 Å². The summed E-state index contributed by atoms with van der Waals surface area (Å²) in [5.41, 5.74) is 2.67. The van der Waals surface area contributed by atoms with Crippen LogP contribution in [0.1, 0.15) is 25.7 Å². The number of nitrogens with zero attached hydrogens (tertiary/aromatic N) is 1. The van der Waals surface area contributed by atoms with Gasteiger partial charge in [-0.25, -0.2) is 4.79 Å². The molecule has 1 saturated carbocycles. The average Bonchev–Trinajstić information content (AvgIpc) is 3.18. The summed E-state index contributed by atoms with van der Waals surface area (Å²) in [5.74, 6) is 0.757. The van der Waals surface area contributed by atoms with Crippen LogP contribution in [0.2, 0.25) is 5.02 Å². The summed E-state index contributed by atoms with van der Waals surface area (Å²) in [5, 5.41) is 18.6. The number of rotatable bonds is 4. The summed E-state index contributed by atoms with van der Waals surface area (Å²) >= 11 is 6.61. The molecule has 2 aromatic heterocycles. The Hall–Kier alpha value is -3.25. The molecule has 31 heavy (non-hydrogen) atoms. The minimum atomic E-state index is -0.954. The van der Waals surface area contributed by atoms with Gasteiger partial charge in [0.05, 0.1) is 5.02 Å². The standard InChI is InChI=1S/C24H22ClN3O3/c25-21-11-17(27-15-5-7-16(8-6-15)28-24(29)30)10-18-19(21)12-26-13-20(18)23-9-14-3-1-2-4-22(14)31-23/h1-4,9-13,15-16,27-28H,5-8H2,(H,29,30). The number of amides is 1. The molecule has 2 aromatic carbocycles. The van der Waals surface area contributed by atoms with Gasteiger partial charge < -0.3 is 20.2 Å². The first-order valence-corrected chi connectivity index (χ1v) is 10.8. The van der Waals surface area contributed by atoms with Gasteiger partial charge in [0.15, 0.2) is 0 Å². The number of nitrogens with one attached hydrogen (secondary N) is 2. The highest BCUT2D eigenvalue weighted by molar-refractivity contribution is 6.36. The van der Waals surface area contributed by atoms with Crippen molar-refractivity contribution in [2.75, 3.05) is 5.32 Å². The Morgan fingerprint density at radius 2 is 1.81 bits per heavy atom. The molecule has 4 aromatic rings. The van der Waals surface area contributed by atoms with Crippen molar-refractivity contribution in [3.8, 4) is 11.3 Å². The maximum Gasteiger partial charge on any atom is 0.404 e. The van der Waals surface area contributed by atoms with E-state index in [0.29, 0.717) is 5.02 Å². The van der Waals surface area contributed by atoms with Crippen molar-refractivity contribution in [3.63, 3.8) is 0 Å². The highest BCUT2D eigenvalue weighted by Gasteiger charge is 2.22. The van der Waals surface area contributed by atoms with E-state index in [0.717, 1.165) is 64.4 Å². The first-order chi connectivity index (χ1) is 15.1. The summed E-state index contributed by atoms with van der Waals surface area (Å²) in [7, 11) is 0. The van der Waals surface area contributed by atoms with E-state index in [1.807, 2.05) is 42.6 Å². The zero-order valence-electron chi connectivity index (χ0n) is 16.8. The Morgan fingerprint density at radius 1 is 1.03 bits per heavy atom. The van der Waals surface area contributed by atoms with Crippen LogP contribution < -0.4 is 10.6 Å². The summed E-state index contributed by atoms with van der Waals surface area (Å²) in [6.45, 7) is 0. The van der Waals surface area contributed by atoms with Crippen LogP contribution in [0.3, 0.4) is 0 Å². The number of carbonyl (C=O) groups is 1. The molecular formula is C24H22ClN3O3. The second kappa shape index (κ2) is 8.12. The molecule has 0 bridgehead atoms. The number of halogens is 1. The quantitative estimate of drug-likeness (QED) is 0.350. The van der Waals surface area contributed by atoms with Crippen molar-refractivity contribution < 1.29 is 14.3 Å². The van der Waals surface area contributed by atoms with Gasteiger partial charge in [-0.3, -0.25) is 4.98 Å². The summed E-state index contributed by atoms with van der Waals surface area (Å²) in [6, 6.07) is 14.3. The molecule has 1 aliphatic carbocycles. The maximum absolute atomic E-state index is 10.9. The van der Waals surface area contributed by atoms with Crippen LogP contribution in [0.15, 0.2) is 59.3 Å². The van der Waals surface area contributed by atoms with E-state index in [4.69, 9.17) is 21.1 Å². The van der Waals surface area contributed by atoms with Crippen LogP contribution in [0.25, 0.3) is 33.1 Å². The number of hydrogen-bond acceptors (Lipinski definition) is 4. The molecule has 1 aliphatic rings. The van der Waals surface area contributed by atoms with Crippen molar-refractivity contribution in [1.29, 1.82) is 0 Å². The second-order valence-electron chi connectivity index (χ2n) is 8.03. The highest BCUT2D eigenvalue weighted by Crippen LogP contribution is 2.37. The van der Waals surface area contributed by atoms with Gasteiger partial charge in [-0.15, -0.1) is 0 Å². The van der Waals surface area contributed by atoms with Crippen LogP contribution in [0.5, 0.6) is 0 Å². The van der Waals surface area contributed by atoms with E-state index in [1.165, 1.54) is 0 Å². The Morgan fingerprint density at radius 3 is 2.58 bits per heavy atom. The minimum Gasteiger partial charge on any atom is -0.465 e. The Bertz CT molecular complexity index is 1230. The SMILES string of the molecule is O=C(O)NC1CCC(Nc2cc(Cl)c3cncc(-c4cc5ccccc5o4)c3c2)CC1. The summed E-state index contributed by atoms with van der Waals surface area (Å²) in [6.07, 6.45) is 6.06. The molecule has 158 valence electrons. The molecule has 7 heteroatoms. The molecule has 0 saturated heterocycles. The van der Waals surface area contributed by atoms with Gasteiger partial charge in [-0.1, -0.05) is 29.8 Å². The number of pyridine rings is 1. The third-order valence-corrected chi connectivity index (χ3v) is 6.26. The molecule has 0 unspecified atom stereocenters. The van der Waals surface area contributed by atoms with E-state index < -0.39 is 6.09 Å². The molecule has 5 rings (SSSR count). The Balaban J connectivity index is 1.44. The third kappa shape index (κ3) is 4.03. The van der Waals surface area contributed by atoms with Crippen LogP contribution in [0, 0.1) is 0 Å². The molecule has 1 fully saturated rings. The van der Waals surface area contributed by atoms with Crippen LogP contribution in [0.4, 0.5) is 10.5 Å². The average molecular weight is 436 g/mol. The lowest BCUT2D eigenvalue weighted by atomic mass is 9.91. The smallest absolute Gasteiger partial charge is 0.404 e. The van der Waals surface area contributed by atoms with Crippen molar-refractivity contribution in [2.45, 2.75) is 37.8 Å². The lowest BCUT2D eigenvalue weighted by molar-refractivity contribution is 0.185. The number of hydrogen-bond donors (Lipinski definition) is 3. The Labute approximate surface area is 184 Å². The number of carboxylic acid groups (broad SMARTS) is 1. The van der Waals surface area contributed by atoms with Crippen molar-refractivity contribution in [1.82, 2.24) is 10.3 Å². The van der Waals surface area contributed by atoms with Crippen LogP contribution in [-0.2, 0) is 0 Å². The normalized spacial score (nSPS) is 18.9. The van der Waals surface area contributed by atoms with Gasteiger partial charge in [-0.2, -0.15) is 0 Å². The van der Waals surface area contributed by atoms with Crippen LogP contribution >= 0.6 is 11.6 Å². The minimum absolute atomic E-state index is 0.0292. The molecule has 6 nitrogen and oxygen atoms in total. The number of furan rings is 1. The topological polar surface area (TPSA) is 87.4 Å². The summed E-state index contributed by atoms with van der Waals surface area (Å²) < 4.78 is 6.08. The van der Waals surface area contributed by atoms with E-state index >= 15 is 0 Å². The molecule has 2 heterocycles. The number of anilines is 1. The summed E-state index contributed by atoms with van der Waals surface area (Å²) in [4.78, 5) is 15.2. The lowest BCUT2D eigenvalue weighted by Gasteiger charge is -2.29. The number of benzene rings is 2. The van der Waals surface area contributed by atoms with E-state index in [9.17, 15) is 4.79 Å². The van der Waals surface area contributed by atoms with Crippen molar-refractivity contribution in [3.05, 3.63) is 59.9 Å². The molecule has 1 amide bonds. The van der Waals surface area contributed by atoms with Crippen molar-refractivity contribution in [2.24, 2.45) is 0 Å². The molecule has 0 spiro atoms. The molecule has 0 atom stereocenters. The number of para-hydroxylation sites is 1. The Kier molecular flexibility index (Phi) is 5.16. The highest BCUT2D eigenvalue weighted by atomic mass is 35.5. The number of aromatic nitrogens is 1. The first kappa shape index (κ1) is 19.7. The first-order valence-electron chi connectivity index (χ1n) is 10.4. The van der Waals surface area contributed by atoms with Gasteiger partial charge in [-0.05, 0) is 55.3 Å². The molecular weight excluding hydrogens is 414 g/mol. The van der Waals surface area contributed by atoms with Crippen LogP contribution in [-0.4, -0.2) is 28.3 Å². The number of fused-ring (bicyclic) bond motifs is 2. The lowest BCUT2D eigenvalue weighted by Crippen LogP contribution is -2.39. The predicted molar refractivity (Wildman–Crippen MR) is 123 cm³/mol. The maximum atomic E-state index is 10.9. The van der Waals surface area contributed by atoms with Gasteiger partial charge >= 0.3 is 6.09 Å². The second-order valence-corrected chi connectivity index (χ2v) is 8.44. The van der Waals surface area contributed by atoms with E-state index in [-0.39, 0.29) is 12.1 Å². The largest absolute Gasteiger partial charge is 0.465 e. The van der Waals surface area contributed by atoms with E-state index in [1.54, 1.807) is 6.20 Å². The monoisotopic (exact) mass is 435 g/mol. The zero-order chi connectivity index (χ0) is 21.4. The molecule has 0 aliphatic heterocycles. The predicted octanol–water partition coefficient (Wildman–Crippen LogP) is 6.29. The van der Waals surface area contributed by atoms with Gasteiger partial charge in [0.1, 0.15) is 11.3 Å². The van der Waals surface area contributed by atoms with E-state index in [2.05, 4.69) is 21.7 Å².